The summed E-state index contributed by atoms with van der Waals surface area (Å²) in [6.45, 7) is 4.39. The summed E-state index contributed by atoms with van der Waals surface area (Å²) in [7, 11) is 3.99. The lowest BCUT2D eigenvalue weighted by molar-refractivity contribution is -0.127. The standard InChI is InChI=1S/C20H27N5OS/c1-15-6-4-10-21-19(15)23-20-22-17(14-27-20)16-8-12-25(13-9-16)18(26)7-5-11-24(2)3/h4-7,10,14,16H,8-9,11-13H2,1-3H3,(H,21,22,23)/b7-5+. The predicted molar refractivity (Wildman–Crippen MR) is 111 cm³/mol. The van der Waals surface area contributed by atoms with E-state index >= 15 is 0 Å². The van der Waals surface area contributed by atoms with Gasteiger partial charge in [-0.15, -0.1) is 11.3 Å². The van der Waals surface area contributed by atoms with Crippen LogP contribution in [0.3, 0.4) is 0 Å². The Morgan fingerprint density at radius 3 is 2.89 bits per heavy atom. The van der Waals surface area contributed by atoms with E-state index in [1.165, 1.54) is 0 Å². The van der Waals surface area contributed by atoms with E-state index in [1.54, 1.807) is 23.6 Å². The van der Waals surface area contributed by atoms with Crippen molar-refractivity contribution in [2.24, 2.45) is 0 Å². The highest BCUT2D eigenvalue weighted by atomic mass is 32.1. The number of hydrogen-bond donors (Lipinski definition) is 1. The number of anilines is 2. The summed E-state index contributed by atoms with van der Waals surface area (Å²) in [5, 5.41) is 6.31. The highest BCUT2D eigenvalue weighted by molar-refractivity contribution is 7.13. The maximum absolute atomic E-state index is 12.3. The van der Waals surface area contributed by atoms with E-state index < -0.39 is 0 Å². The number of rotatable bonds is 6. The number of carbonyl (C=O) groups is 1. The highest BCUT2D eigenvalue weighted by Crippen LogP contribution is 2.31. The molecule has 144 valence electrons. The minimum absolute atomic E-state index is 0.113. The molecule has 0 atom stereocenters. The zero-order valence-electron chi connectivity index (χ0n) is 16.2. The molecule has 1 saturated heterocycles. The summed E-state index contributed by atoms with van der Waals surface area (Å²) in [5.41, 5.74) is 2.22. The minimum atomic E-state index is 0.113. The largest absolute Gasteiger partial charge is 0.339 e. The number of likely N-dealkylation sites (tertiary alicyclic amines) is 1. The van der Waals surface area contributed by atoms with Gasteiger partial charge in [0.25, 0.3) is 0 Å². The summed E-state index contributed by atoms with van der Waals surface area (Å²) < 4.78 is 0. The van der Waals surface area contributed by atoms with Gasteiger partial charge in [-0.2, -0.15) is 0 Å². The van der Waals surface area contributed by atoms with E-state index in [9.17, 15) is 4.79 Å². The Labute approximate surface area is 164 Å². The van der Waals surface area contributed by atoms with Crippen LogP contribution >= 0.6 is 11.3 Å². The van der Waals surface area contributed by atoms with Gasteiger partial charge < -0.3 is 15.1 Å². The number of likely N-dealkylation sites (N-methyl/N-ethyl adjacent to an activating group) is 1. The van der Waals surface area contributed by atoms with Crippen LogP contribution < -0.4 is 5.32 Å². The first-order valence-electron chi connectivity index (χ1n) is 9.27. The molecule has 1 amide bonds. The molecule has 2 aromatic rings. The van der Waals surface area contributed by atoms with Crippen LogP contribution in [0.25, 0.3) is 0 Å². The average Bonchev–Trinajstić information content (AvgIpc) is 3.12. The maximum Gasteiger partial charge on any atom is 0.246 e. The van der Waals surface area contributed by atoms with Gasteiger partial charge in [0.05, 0.1) is 5.69 Å². The number of nitrogens with zero attached hydrogens (tertiary/aromatic N) is 4. The molecule has 2 aromatic heterocycles. The van der Waals surface area contributed by atoms with Crippen molar-refractivity contribution in [2.75, 3.05) is 39.0 Å². The summed E-state index contributed by atoms with van der Waals surface area (Å²) in [4.78, 5) is 25.3. The van der Waals surface area contributed by atoms with E-state index in [2.05, 4.69) is 15.7 Å². The molecule has 1 fully saturated rings. The van der Waals surface area contributed by atoms with Crippen LogP contribution in [-0.4, -0.2) is 59.4 Å². The monoisotopic (exact) mass is 385 g/mol. The fraction of sp³-hybridized carbons (Fsp3) is 0.450. The number of aromatic nitrogens is 2. The van der Waals surface area contributed by atoms with Crippen LogP contribution in [0.4, 0.5) is 10.9 Å². The van der Waals surface area contributed by atoms with E-state index in [0.29, 0.717) is 5.92 Å². The van der Waals surface area contributed by atoms with Crippen molar-refractivity contribution in [1.29, 1.82) is 0 Å². The Morgan fingerprint density at radius 2 is 2.19 bits per heavy atom. The van der Waals surface area contributed by atoms with Crippen molar-refractivity contribution >= 4 is 28.2 Å². The summed E-state index contributed by atoms with van der Waals surface area (Å²) >= 11 is 1.61. The van der Waals surface area contributed by atoms with Gasteiger partial charge in [-0.25, -0.2) is 9.97 Å². The maximum atomic E-state index is 12.3. The Morgan fingerprint density at radius 1 is 1.41 bits per heavy atom. The fourth-order valence-corrected chi connectivity index (χ4v) is 3.91. The van der Waals surface area contributed by atoms with Gasteiger partial charge in [0.1, 0.15) is 5.82 Å². The zero-order chi connectivity index (χ0) is 19.2. The zero-order valence-corrected chi connectivity index (χ0v) is 17.0. The van der Waals surface area contributed by atoms with E-state index in [0.717, 1.165) is 54.7 Å². The van der Waals surface area contributed by atoms with Crippen molar-refractivity contribution in [3.05, 3.63) is 47.1 Å². The van der Waals surface area contributed by atoms with Gasteiger partial charge >= 0.3 is 0 Å². The number of thiazole rings is 1. The number of piperidine rings is 1. The van der Waals surface area contributed by atoms with Crippen LogP contribution in [0.2, 0.25) is 0 Å². The second kappa shape index (κ2) is 9.10. The van der Waals surface area contributed by atoms with Gasteiger partial charge in [0, 0.05) is 43.2 Å². The molecule has 0 saturated carbocycles. The van der Waals surface area contributed by atoms with Gasteiger partial charge in [-0.3, -0.25) is 4.79 Å². The molecular formula is C20H27N5OS. The number of hydrogen-bond acceptors (Lipinski definition) is 6. The van der Waals surface area contributed by atoms with Crippen molar-refractivity contribution in [3.8, 4) is 0 Å². The van der Waals surface area contributed by atoms with Crippen molar-refractivity contribution in [1.82, 2.24) is 19.8 Å². The molecule has 7 heteroatoms. The third-order valence-electron chi connectivity index (χ3n) is 4.71. The normalized spacial score (nSPS) is 15.6. The molecule has 0 spiro atoms. The average molecular weight is 386 g/mol. The fourth-order valence-electron chi connectivity index (χ4n) is 3.11. The molecule has 0 aliphatic carbocycles. The van der Waals surface area contributed by atoms with Crippen LogP contribution in [0.5, 0.6) is 0 Å². The second-order valence-electron chi connectivity index (χ2n) is 7.14. The molecule has 0 bridgehead atoms. The number of carbonyl (C=O) groups excluding carboxylic acids is 1. The summed E-state index contributed by atoms with van der Waals surface area (Å²) in [6.07, 6.45) is 7.31. The molecule has 0 radical (unpaired) electrons. The highest BCUT2D eigenvalue weighted by Gasteiger charge is 2.24. The quantitative estimate of drug-likeness (QED) is 0.772. The Hall–Kier alpha value is -2.25. The lowest BCUT2D eigenvalue weighted by Crippen LogP contribution is -2.37. The van der Waals surface area contributed by atoms with E-state index in [4.69, 9.17) is 4.98 Å². The first-order chi connectivity index (χ1) is 13.0. The third kappa shape index (κ3) is 5.37. The van der Waals surface area contributed by atoms with Gasteiger partial charge in [-0.05, 0) is 45.5 Å². The topological polar surface area (TPSA) is 61.4 Å². The molecule has 1 aliphatic rings. The lowest BCUT2D eigenvalue weighted by Gasteiger charge is -2.30. The van der Waals surface area contributed by atoms with Crippen LogP contribution in [0.15, 0.2) is 35.9 Å². The summed E-state index contributed by atoms with van der Waals surface area (Å²) in [5.74, 6) is 1.38. The molecular weight excluding hydrogens is 358 g/mol. The number of nitrogens with one attached hydrogen (secondary N) is 1. The molecule has 27 heavy (non-hydrogen) atoms. The molecule has 1 aliphatic heterocycles. The minimum Gasteiger partial charge on any atom is -0.339 e. The first-order valence-corrected chi connectivity index (χ1v) is 10.1. The summed E-state index contributed by atoms with van der Waals surface area (Å²) in [6, 6.07) is 3.96. The predicted octanol–water partition coefficient (Wildman–Crippen LogP) is 3.41. The molecule has 0 aromatic carbocycles. The first kappa shape index (κ1) is 19.5. The van der Waals surface area contributed by atoms with Crippen molar-refractivity contribution in [3.63, 3.8) is 0 Å². The molecule has 1 N–H and O–H groups in total. The van der Waals surface area contributed by atoms with Crippen molar-refractivity contribution < 1.29 is 4.79 Å². The lowest BCUT2D eigenvalue weighted by atomic mass is 9.94. The Bertz CT molecular complexity index is 793. The molecule has 3 rings (SSSR count). The smallest absolute Gasteiger partial charge is 0.246 e. The van der Waals surface area contributed by atoms with Crippen LogP contribution in [-0.2, 0) is 4.79 Å². The number of aryl methyl sites for hydroxylation is 1. The van der Waals surface area contributed by atoms with Gasteiger partial charge in [-0.1, -0.05) is 12.1 Å². The van der Waals surface area contributed by atoms with Crippen LogP contribution in [0.1, 0.15) is 30.0 Å². The Balaban J connectivity index is 1.53. The SMILES string of the molecule is Cc1cccnc1Nc1nc(C2CCN(C(=O)/C=C/CN(C)C)CC2)cs1. The molecule has 6 nitrogen and oxygen atoms in total. The third-order valence-corrected chi connectivity index (χ3v) is 5.49. The van der Waals surface area contributed by atoms with E-state index in [1.807, 2.05) is 49.0 Å². The molecule has 0 unspecified atom stereocenters. The van der Waals surface area contributed by atoms with Crippen molar-refractivity contribution in [2.45, 2.75) is 25.7 Å². The Kier molecular flexibility index (Phi) is 6.58. The van der Waals surface area contributed by atoms with Gasteiger partial charge in [0.15, 0.2) is 5.13 Å². The second-order valence-corrected chi connectivity index (χ2v) is 7.99. The number of amides is 1. The number of pyridine rings is 1. The van der Waals surface area contributed by atoms with Gasteiger partial charge in [0.2, 0.25) is 5.91 Å². The molecule has 3 heterocycles. The van der Waals surface area contributed by atoms with Crippen LogP contribution in [0, 0.1) is 6.92 Å². The van der Waals surface area contributed by atoms with E-state index in [-0.39, 0.29) is 5.91 Å².